The predicted molar refractivity (Wildman–Crippen MR) is 50.5 cm³/mol. The zero-order valence-corrected chi connectivity index (χ0v) is 9.00. The fourth-order valence-corrected chi connectivity index (χ4v) is 1.98. The van der Waals surface area contributed by atoms with E-state index < -0.39 is 22.0 Å². The summed E-state index contributed by atoms with van der Waals surface area (Å²) in [5, 5.41) is 8.60. The molecule has 0 aromatic heterocycles. The summed E-state index contributed by atoms with van der Waals surface area (Å²) in [5.74, 6) is -1.40. The molecule has 0 heterocycles. The Hall–Kier alpha value is -0.660. The lowest BCUT2D eigenvalue weighted by Crippen LogP contribution is -2.41. The average Bonchev–Trinajstić information content (AvgIpc) is 2.10. The van der Waals surface area contributed by atoms with Gasteiger partial charge in [-0.1, -0.05) is 6.92 Å². The molecule has 0 saturated carbocycles. The first-order chi connectivity index (χ1) is 6.43. The Kier molecular flexibility index (Phi) is 5.66. The number of carboxylic acids is 1. The first-order valence-electron chi connectivity index (χ1n) is 4.14. The number of methoxy groups -OCH3 is 1. The Morgan fingerprint density at radius 2 is 2.14 bits per heavy atom. The molecule has 0 amide bonds. The van der Waals surface area contributed by atoms with Gasteiger partial charge in [0.2, 0.25) is 10.0 Å². The van der Waals surface area contributed by atoms with Crippen molar-refractivity contribution >= 4 is 16.0 Å². The average molecular weight is 225 g/mol. The minimum Gasteiger partial charge on any atom is -0.480 e. The number of hydrogen-bond donors (Lipinski definition) is 2. The van der Waals surface area contributed by atoms with Crippen molar-refractivity contribution in [3.63, 3.8) is 0 Å². The van der Waals surface area contributed by atoms with Crippen LogP contribution in [0.2, 0.25) is 0 Å². The van der Waals surface area contributed by atoms with E-state index in [9.17, 15) is 13.2 Å². The topological polar surface area (TPSA) is 92.7 Å². The number of hydrogen-bond acceptors (Lipinski definition) is 4. The molecule has 0 fully saturated rings. The number of aliphatic carboxylic acids is 1. The molecule has 0 rings (SSSR count). The molecular formula is C7H15NO5S. The van der Waals surface area contributed by atoms with E-state index in [2.05, 4.69) is 9.46 Å². The van der Waals surface area contributed by atoms with Crippen LogP contribution >= 0.6 is 0 Å². The van der Waals surface area contributed by atoms with Crippen molar-refractivity contribution in [1.82, 2.24) is 4.72 Å². The maximum Gasteiger partial charge on any atom is 0.321 e. The van der Waals surface area contributed by atoms with Crippen molar-refractivity contribution in [2.24, 2.45) is 0 Å². The fourth-order valence-electron chi connectivity index (χ4n) is 0.777. The van der Waals surface area contributed by atoms with E-state index in [0.717, 1.165) is 0 Å². The highest BCUT2D eigenvalue weighted by Crippen LogP contribution is 1.95. The van der Waals surface area contributed by atoms with Crippen LogP contribution in [-0.2, 0) is 19.6 Å². The molecule has 0 aliphatic rings. The molecule has 0 aliphatic carbocycles. The summed E-state index contributed by atoms with van der Waals surface area (Å²) < 4.78 is 29.1. The molecule has 0 aromatic rings. The lowest BCUT2D eigenvalue weighted by atomic mass is 10.2. The quantitative estimate of drug-likeness (QED) is 0.604. The van der Waals surface area contributed by atoms with Gasteiger partial charge < -0.3 is 9.84 Å². The van der Waals surface area contributed by atoms with Crippen molar-refractivity contribution in [3.8, 4) is 0 Å². The van der Waals surface area contributed by atoms with Crippen LogP contribution in [0.15, 0.2) is 0 Å². The molecule has 0 spiro atoms. The Morgan fingerprint density at radius 1 is 1.57 bits per heavy atom. The summed E-state index contributed by atoms with van der Waals surface area (Å²) in [6.07, 6.45) is 0.210. The van der Waals surface area contributed by atoms with Gasteiger partial charge in [0, 0.05) is 7.11 Å². The minimum atomic E-state index is -3.56. The molecular weight excluding hydrogens is 210 g/mol. The van der Waals surface area contributed by atoms with E-state index in [-0.39, 0.29) is 18.8 Å². The maximum absolute atomic E-state index is 11.2. The van der Waals surface area contributed by atoms with Crippen LogP contribution in [-0.4, -0.2) is 45.0 Å². The summed E-state index contributed by atoms with van der Waals surface area (Å²) in [6, 6.07) is -1.06. The van der Waals surface area contributed by atoms with Crippen LogP contribution in [0.4, 0.5) is 0 Å². The molecule has 84 valence electrons. The second-order valence-corrected chi connectivity index (χ2v) is 4.60. The molecule has 0 aliphatic heterocycles. The smallest absolute Gasteiger partial charge is 0.321 e. The number of nitrogens with one attached hydrogen (secondary N) is 1. The van der Waals surface area contributed by atoms with Gasteiger partial charge in [0.1, 0.15) is 6.04 Å². The standard InChI is InChI=1S/C7H15NO5S/c1-3-6(7(9)10)8-14(11,12)5-4-13-2/h6,8H,3-5H2,1-2H3,(H,9,10)/t6-/m1/s1. The Bertz CT molecular complexity index is 274. The number of carboxylic acid groups (broad SMARTS) is 1. The third kappa shape index (κ3) is 5.15. The highest BCUT2D eigenvalue weighted by molar-refractivity contribution is 7.89. The second-order valence-electron chi connectivity index (χ2n) is 2.73. The summed E-state index contributed by atoms with van der Waals surface area (Å²) >= 11 is 0. The van der Waals surface area contributed by atoms with Crippen LogP contribution < -0.4 is 4.72 Å². The normalized spacial score (nSPS) is 13.9. The lowest BCUT2D eigenvalue weighted by molar-refractivity contribution is -0.139. The monoisotopic (exact) mass is 225 g/mol. The molecule has 0 saturated heterocycles. The van der Waals surface area contributed by atoms with E-state index >= 15 is 0 Å². The van der Waals surface area contributed by atoms with Gasteiger partial charge in [-0.2, -0.15) is 0 Å². The van der Waals surface area contributed by atoms with Gasteiger partial charge in [-0.05, 0) is 6.42 Å². The zero-order valence-electron chi connectivity index (χ0n) is 8.19. The SMILES string of the molecule is CC[C@@H](NS(=O)(=O)CCOC)C(=O)O. The van der Waals surface area contributed by atoms with E-state index in [0.29, 0.717) is 0 Å². The lowest BCUT2D eigenvalue weighted by Gasteiger charge is -2.12. The van der Waals surface area contributed by atoms with Crippen LogP contribution in [0, 0.1) is 0 Å². The van der Waals surface area contributed by atoms with Crippen molar-refractivity contribution < 1.29 is 23.1 Å². The van der Waals surface area contributed by atoms with Crippen LogP contribution in [0.25, 0.3) is 0 Å². The highest BCUT2D eigenvalue weighted by Gasteiger charge is 2.21. The second kappa shape index (κ2) is 5.94. The first-order valence-corrected chi connectivity index (χ1v) is 5.80. The number of rotatable bonds is 7. The van der Waals surface area contributed by atoms with Gasteiger partial charge in [-0.15, -0.1) is 0 Å². The summed E-state index contributed by atoms with van der Waals surface area (Å²) in [7, 11) is -2.18. The van der Waals surface area contributed by atoms with Crippen molar-refractivity contribution in [1.29, 1.82) is 0 Å². The largest absolute Gasteiger partial charge is 0.480 e. The van der Waals surface area contributed by atoms with Crippen molar-refractivity contribution in [2.45, 2.75) is 19.4 Å². The van der Waals surface area contributed by atoms with Crippen LogP contribution in [0.3, 0.4) is 0 Å². The first kappa shape index (κ1) is 13.3. The fraction of sp³-hybridized carbons (Fsp3) is 0.857. The van der Waals surface area contributed by atoms with E-state index in [1.54, 1.807) is 6.92 Å². The summed E-state index contributed by atoms with van der Waals surface area (Å²) in [6.45, 7) is 1.64. The van der Waals surface area contributed by atoms with Crippen LogP contribution in [0.1, 0.15) is 13.3 Å². The molecule has 0 radical (unpaired) electrons. The highest BCUT2D eigenvalue weighted by atomic mass is 32.2. The molecule has 0 unspecified atom stereocenters. The van der Waals surface area contributed by atoms with E-state index in [1.807, 2.05) is 0 Å². The third-order valence-electron chi connectivity index (χ3n) is 1.58. The van der Waals surface area contributed by atoms with Crippen molar-refractivity contribution in [3.05, 3.63) is 0 Å². The maximum atomic E-state index is 11.2. The molecule has 0 bridgehead atoms. The molecule has 2 N–H and O–H groups in total. The predicted octanol–water partition coefficient (Wildman–Crippen LogP) is -0.585. The van der Waals surface area contributed by atoms with Crippen LogP contribution in [0.5, 0.6) is 0 Å². The van der Waals surface area contributed by atoms with Crippen molar-refractivity contribution in [2.75, 3.05) is 19.5 Å². The third-order valence-corrected chi connectivity index (χ3v) is 2.93. The van der Waals surface area contributed by atoms with Gasteiger partial charge >= 0.3 is 5.97 Å². The molecule has 6 nitrogen and oxygen atoms in total. The minimum absolute atomic E-state index is 0.0470. The Morgan fingerprint density at radius 3 is 2.50 bits per heavy atom. The zero-order chi connectivity index (χ0) is 11.2. The number of carbonyl (C=O) groups is 1. The Balaban J connectivity index is 4.26. The van der Waals surface area contributed by atoms with Gasteiger partial charge in [-0.3, -0.25) is 4.79 Å². The van der Waals surface area contributed by atoms with E-state index in [1.165, 1.54) is 7.11 Å². The molecule has 7 heteroatoms. The number of ether oxygens (including phenoxy) is 1. The van der Waals surface area contributed by atoms with E-state index in [4.69, 9.17) is 5.11 Å². The summed E-state index contributed by atoms with van der Waals surface area (Å²) in [4.78, 5) is 10.5. The Labute approximate surface area is 83.3 Å². The van der Waals surface area contributed by atoms with Gasteiger partial charge in [0.15, 0.2) is 0 Å². The molecule has 14 heavy (non-hydrogen) atoms. The number of sulfonamides is 1. The van der Waals surface area contributed by atoms with Gasteiger partial charge in [0.25, 0.3) is 0 Å². The summed E-state index contributed by atoms with van der Waals surface area (Å²) in [5.41, 5.74) is 0. The molecule has 1 atom stereocenters. The molecule has 0 aromatic carbocycles. The van der Waals surface area contributed by atoms with Gasteiger partial charge in [0.05, 0.1) is 12.4 Å². The van der Waals surface area contributed by atoms with Gasteiger partial charge in [-0.25, -0.2) is 13.1 Å².